The molecule has 0 radical (unpaired) electrons. The van der Waals surface area contributed by atoms with Crippen LogP contribution in [0, 0.1) is 5.41 Å². The third-order valence-electron chi connectivity index (χ3n) is 2.97. The first-order chi connectivity index (χ1) is 7.48. The van der Waals surface area contributed by atoms with Gasteiger partial charge in [-0.25, -0.2) is 0 Å². The summed E-state index contributed by atoms with van der Waals surface area (Å²) in [5.74, 6) is 0. The molecule has 0 spiro atoms. The van der Waals surface area contributed by atoms with Gasteiger partial charge >= 0.3 is 0 Å². The van der Waals surface area contributed by atoms with Crippen LogP contribution in [-0.4, -0.2) is 0 Å². The minimum atomic E-state index is 0.233. The van der Waals surface area contributed by atoms with E-state index in [0.717, 1.165) is 12.1 Å². The number of benzene rings is 1. The fourth-order valence-electron chi connectivity index (χ4n) is 2.49. The third kappa shape index (κ3) is 2.19. The van der Waals surface area contributed by atoms with Gasteiger partial charge in [-0.1, -0.05) is 49.8 Å². The van der Waals surface area contributed by atoms with Gasteiger partial charge in [0.2, 0.25) is 0 Å². The molecular weight excluding hydrogens is 194 g/mol. The minimum absolute atomic E-state index is 0.233. The second-order valence-electron chi connectivity index (χ2n) is 5.31. The SMILES string of the molecule is CC1=CC(C)(C)CC(c2ccccc2N)=C1. The maximum Gasteiger partial charge on any atom is 0.0390 e. The van der Waals surface area contributed by atoms with E-state index in [2.05, 4.69) is 39.0 Å². The molecule has 1 aliphatic carbocycles. The topological polar surface area (TPSA) is 26.0 Å². The molecule has 0 fully saturated rings. The highest BCUT2D eigenvalue weighted by Crippen LogP contribution is 2.39. The van der Waals surface area contributed by atoms with Crippen molar-refractivity contribution < 1.29 is 0 Å². The predicted octanol–water partition coefficient (Wildman–Crippen LogP) is 4.03. The van der Waals surface area contributed by atoms with Crippen LogP contribution in [0.15, 0.2) is 42.0 Å². The van der Waals surface area contributed by atoms with Gasteiger partial charge in [0, 0.05) is 11.3 Å². The molecule has 1 aromatic rings. The van der Waals surface area contributed by atoms with E-state index >= 15 is 0 Å². The van der Waals surface area contributed by atoms with E-state index < -0.39 is 0 Å². The number of allylic oxidation sites excluding steroid dienone is 4. The number of rotatable bonds is 1. The van der Waals surface area contributed by atoms with Crippen LogP contribution in [-0.2, 0) is 0 Å². The molecule has 16 heavy (non-hydrogen) atoms. The average Bonchev–Trinajstić information content (AvgIpc) is 2.15. The maximum absolute atomic E-state index is 6.03. The molecule has 0 aliphatic heterocycles. The maximum atomic E-state index is 6.03. The van der Waals surface area contributed by atoms with Gasteiger partial charge in [-0.3, -0.25) is 0 Å². The molecule has 2 N–H and O–H groups in total. The molecule has 0 bridgehead atoms. The molecule has 0 aromatic heterocycles. The molecule has 0 amide bonds. The number of hydrogen-bond donors (Lipinski definition) is 1. The Hall–Kier alpha value is -1.50. The summed E-state index contributed by atoms with van der Waals surface area (Å²) in [7, 11) is 0. The highest BCUT2D eigenvalue weighted by molar-refractivity contribution is 5.78. The van der Waals surface area contributed by atoms with E-state index in [4.69, 9.17) is 5.73 Å². The molecule has 0 saturated heterocycles. The summed E-state index contributed by atoms with van der Waals surface area (Å²) in [5, 5.41) is 0. The highest BCUT2D eigenvalue weighted by Gasteiger charge is 2.22. The summed E-state index contributed by atoms with van der Waals surface area (Å²) in [6, 6.07) is 8.11. The molecule has 84 valence electrons. The predicted molar refractivity (Wildman–Crippen MR) is 71.0 cm³/mol. The van der Waals surface area contributed by atoms with E-state index in [-0.39, 0.29) is 5.41 Å². The van der Waals surface area contributed by atoms with E-state index in [1.54, 1.807) is 0 Å². The monoisotopic (exact) mass is 213 g/mol. The molecule has 0 atom stereocenters. The average molecular weight is 213 g/mol. The molecule has 1 nitrogen and oxygen atoms in total. The molecular formula is C15H19N. The largest absolute Gasteiger partial charge is 0.398 e. The van der Waals surface area contributed by atoms with Gasteiger partial charge in [0.25, 0.3) is 0 Å². The van der Waals surface area contributed by atoms with Gasteiger partial charge in [-0.2, -0.15) is 0 Å². The fraction of sp³-hybridized carbons (Fsp3) is 0.333. The lowest BCUT2D eigenvalue weighted by atomic mass is 9.77. The standard InChI is InChI=1S/C15H19N/c1-11-8-12(10-15(2,3)9-11)13-6-4-5-7-14(13)16/h4-9H,10,16H2,1-3H3. The van der Waals surface area contributed by atoms with Crippen LogP contribution in [0.3, 0.4) is 0 Å². The van der Waals surface area contributed by atoms with Crippen molar-refractivity contribution in [2.45, 2.75) is 27.2 Å². The molecule has 0 saturated carbocycles. The van der Waals surface area contributed by atoms with Crippen molar-refractivity contribution in [3.8, 4) is 0 Å². The van der Waals surface area contributed by atoms with E-state index in [9.17, 15) is 0 Å². The van der Waals surface area contributed by atoms with Crippen molar-refractivity contribution in [3.05, 3.63) is 47.6 Å². The summed E-state index contributed by atoms with van der Waals surface area (Å²) in [5.41, 5.74) is 11.0. The van der Waals surface area contributed by atoms with Crippen molar-refractivity contribution in [1.82, 2.24) is 0 Å². The number of nitrogens with two attached hydrogens (primary N) is 1. The first kappa shape index (κ1) is 11.0. The number of para-hydroxylation sites is 1. The number of hydrogen-bond acceptors (Lipinski definition) is 1. The van der Waals surface area contributed by atoms with Gasteiger partial charge in [0.15, 0.2) is 0 Å². The molecule has 2 rings (SSSR count). The molecule has 1 heteroatoms. The van der Waals surface area contributed by atoms with E-state index in [0.29, 0.717) is 0 Å². The Morgan fingerprint density at radius 2 is 1.88 bits per heavy atom. The van der Waals surface area contributed by atoms with Gasteiger partial charge in [-0.05, 0) is 30.4 Å². The quantitative estimate of drug-likeness (QED) is 0.700. The summed E-state index contributed by atoms with van der Waals surface area (Å²) >= 11 is 0. The van der Waals surface area contributed by atoms with Crippen LogP contribution < -0.4 is 5.73 Å². The molecule has 1 aliphatic rings. The molecule has 0 heterocycles. The van der Waals surface area contributed by atoms with Crippen molar-refractivity contribution in [3.63, 3.8) is 0 Å². The zero-order valence-electron chi connectivity index (χ0n) is 10.2. The van der Waals surface area contributed by atoms with Gasteiger partial charge in [0.1, 0.15) is 0 Å². The van der Waals surface area contributed by atoms with Crippen molar-refractivity contribution in [2.24, 2.45) is 5.41 Å². The Kier molecular flexibility index (Phi) is 2.63. The molecule has 1 aromatic carbocycles. The van der Waals surface area contributed by atoms with Gasteiger partial charge in [-0.15, -0.1) is 0 Å². The normalized spacial score (nSPS) is 18.9. The first-order valence-electron chi connectivity index (χ1n) is 5.73. The van der Waals surface area contributed by atoms with Gasteiger partial charge in [0.05, 0.1) is 0 Å². The summed E-state index contributed by atoms with van der Waals surface area (Å²) in [6.45, 7) is 6.69. The van der Waals surface area contributed by atoms with E-state index in [1.807, 2.05) is 18.2 Å². The lowest BCUT2D eigenvalue weighted by molar-refractivity contribution is 0.489. The zero-order valence-corrected chi connectivity index (χ0v) is 10.2. The fourth-order valence-corrected chi connectivity index (χ4v) is 2.49. The van der Waals surface area contributed by atoms with Crippen LogP contribution in [0.1, 0.15) is 32.8 Å². The smallest absolute Gasteiger partial charge is 0.0390 e. The Balaban J connectivity index is 2.44. The van der Waals surface area contributed by atoms with Crippen LogP contribution in [0.2, 0.25) is 0 Å². The lowest BCUT2D eigenvalue weighted by Gasteiger charge is -2.27. The second-order valence-corrected chi connectivity index (χ2v) is 5.31. The first-order valence-corrected chi connectivity index (χ1v) is 5.73. The third-order valence-corrected chi connectivity index (χ3v) is 2.97. The Labute approximate surface area is 97.7 Å². The Morgan fingerprint density at radius 1 is 1.19 bits per heavy atom. The summed E-state index contributed by atoms with van der Waals surface area (Å²) in [4.78, 5) is 0. The minimum Gasteiger partial charge on any atom is -0.398 e. The summed E-state index contributed by atoms with van der Waals surface area (Å²) in [6.07, 6.45) is 5.63. The lowest BCUT2D eigenvalue weighted by Crippen LogP contribution is -2.13. The number of nitrogen functional groups attached to an aromatic ring is 1. The van der Waals surface area contributed by atoms with Crippen molar-refractivity contribution in [2.75, 3.05) is 5.73 Å². The summed E-state index contributed by atoms with van der Waals surface area (Å²) < 4.78 is 0. The molecule has 0 unspecified atom stereocenters. The number of anilines is 1. The Bertz CT molecular complexity index is 464. The van der Waals surface area contributed by atoms with Crippen LogP contribution in [0.4, 0.5) is 5.69 Å². The van der Waals surface area contributed by atoms with Crippen LogP contribution in [0.5, 0.6) is 0 Å². The Morgan fingerprint density at radius 3 is 2.50 bits per heavy atom. The zero-order chi connectivity index (χ0) is 11.8. The second kappa shape index (κ2) is 3.82. The van der Waals surface area contributed by atoms with Crippen molar-refractivity contribution >= 4 is 11.3 Å². The van der Waals surface area contributed by atoms with Gasteiger partial charge < -0.3 is 5.73 Å². The van der Waals surface area contributed by atoms with E-state index in [1.165, 1.54) is 16.7 Å². The van der Waals surface area contributed by atoms with Crippen LogP contribution in [0.25, 0.3) is 5.57 Å². The van der Waals surface area contributed by atoms with Crippen LogP contribution >= 0.6 is 0 Å². The van der Waals surface area contributed by atoms with Crippen molar-refractivity contribution in [1.29, 1.82) is 0 Å². The highest BCUT2D eigenvalue weighted by atomic mass is 14.6.